The van der Waals surface area contributed by atoms with Gasteiger partial charge in [-0.3, -0.25) is 0 Å². The van der Waals surface area contributed by atoms with Crippen molar-refractivity contribution in [1.82, 2.24) is 4.31 Å². The first kappa shape index (κ1) is 14.3. The maximum absolute atomic E-state index is 12.0. The molecule has 0 aromatic carbocycles. The van der Waals surface area contributed by atoms with Crippen LogP contribution in [0.15, 0.2) is 0 Å². The lowest BCUT2D eigenvalue weighted by Gasteiger charge is -2.26. The Kier molecular flexibility index (Phi) is 6.08. The lowest BCUT2D eigenvalue weighted by molar-refractivity contribution is 0.335. The Balaban J connectivity index is 2.56. The van der Waals surface area contributed by atoms with E-state index in [2.05, 4.69) is 0 Å². The van der Waals surface area contributed by atoms with E-state index < -0.39 is 10.0 Å². The highest BCUT2D eigenvalue weighted by Gasteiger charge is 2.26. The fraction of sp³-hybridized carbons (Fsp3) is 1.00. The summed E-state index contributed by atoms with van der Waals surface area (Å²) in [5.41, 5.74) is 0. The van der Waals surface area contributed by atoms with Crippen LogP contribution in [0.5, 0.6) is 0 Å². The third-order valence-corrected chi connectivity index (χ3v) is 5.56. The van der Waals surface area contributed by atoms with Crippen LogP contribution < -0.4 is 0 Å². The third-order valence-electron chi connectivity index (χ3n) is 3.31. The largest absolute Gasteiger partial charge is 0.214 e. The Morgan fingerprint density at radius 3 is 2.25 bits per heavy atom. The summed E-state index contributed by atoms with van der Waals surface area (Å²) < 4.78 is 25.5. The highest BCUT2D eigenvalue weighted by molar-refractivity contribution is 7.89. The predicted octanol–water partition coefficient (Wildman–Crippen LogP) is 2.60. The zero-order valence-electron chi connectivity index (χ0n) is 9.99. The molecule has 0 aromatic rings. The summed E-state index contributed by atoms with van der Waals surface area (Å²) in [5.74, 6) is 0.598. The van der Waals surface area contributed by atoms with E-state index in [1.54, 1.807) is 11.4 Å². The summed E-state index contributed by atoms with van der Waals surface area (Å²) in [5, 5.41) is 0. The summed E-state index contributed by atoms with van der Waals surface area (Å²) in [6.07, 6.45) is 7.35. The second kappa shape index (κ2) is 6.82. The zero-order valence-corrected chi connectivity index (χ0v) is 11.6. The molecule has 1 aliphatic carbocycles. The molecular formula is C11H22ClNO2S. The van der Waals surface area contributed by atoms with E-state index in [9.17, 15) is 8.42 Å². The second-order valence-electron chi connectivity index (χ2n) is 4.52. The molecule has 0 unspecified atom stereocenters. The van der Waals surface area contributed by atoms with E-state index in [4.69, 9.17) is 11.6 Å². The molecule has 0 aromatic heterocycles. The van der Waals surface area contributed by atoms with Gasteiger partial charge in [-0.1, -0.05) is 25.7 Å². The van der Waals surface area contributed by atoms with Crippen LogP contribution in [0.2, 0.25) is 0 Å². The average molecular weight is 268 g/mol. The standard InChI is InChI=1S/C11H22ClNO2S/c1-13(16(14,15)10-6-9-12)11-7-4-2-3-5-8-11/h11H,2-10H2,1H3. The number of halogens is 1. The smallest absolute Gasteiger partial charge is 0.212 e. The molecule has 1 aliphatic rings. The Hall–Kier alpha value is 0.200. The number of rotatable bonds is 5. The van der Waals surface area contributed by atoms with E-state index in [0.717, 1.165) is 25.7 Å². The van der Waals surface area contributed by atoms with Crippen LogP contribution in [0, 0.1) is 0 Å². The van der Waals surface area contributed by atoms with Crippen molar-refractivity contribution in [2.24, 2.45) is 0 Å². The molecule has 0 spiro atoms. The van der Waals surface area contributed by atoms with E-state index in [-0.39, 0.29) is 11.8 Å². The van der Waals surface area contributed by atoms with Crippen molar-refractivity contribution in [3.8, 4) is 0 Å². The molecule has 96 valence electrons. The second-order valence-corrected chi connectivity index (χ2v) is 7.05. The van der Waals surface area contributed by atoms with Gasteiger partial charge in [0.15, 0.2) is 0 Å². The average Bonchev–Trinajstić information content (AvgIpc) is 2.53. The van der Waals surface area contributed by atoms with Gasteiger partial charge in [0.25, 0.3) is 0 Å². The van der Waals surface area contributed by atoms with Crippen LogP contribution in [0.4, 0.5) is 0 Å². The van der Waals surface area contributed by atoms with Crippen molar-refractivity contribution in [3.05, 3.63) is 0 Å². The fourth-order valence-corrected chi connectivity index (χ4v) is 3.98. The van der Waals surface area contributed by atoms with Crippen LogP contribution in [-0.4, -0.2) is 37.4 Å². The summed E-state index contributed by atoms with van der Waals surface area (Å²) in [6.45, 7) is 0. The van der Waals surface area contributed by atoms with Crippen LogP contribution >= 0.6 is 11.6 Å². The van der Waals surface area contributed by atoms with Gasteiger partial charge in [-0.25, -0.2) is 12.7 Å². The predicted molar refractivity (Wildman–Crippen MR) is 68.4 cm³/mol. The lowest BCUT2D eigenvalue weighted by atomic mass is 10.1. The summed E-state index contributed by atoms with van der Waals surface area (Å²) in [4.78, 5) is 0. The topological polar surface area (TPSA) is 37.4 Å². The lowest BCUT2D eigenvalue weighted by Crippen LogP contribution is -2.38. The van der Waals surface area contributed by atoms with Crippen LogP contribution in [0.25, 0.3) is 0 Å². The Bertz CT molecular complexity index is 284. The van der Waals surface area contributed by atoms with Crippen molar-refractivity contribution in [3.63, 3.8) is 0 Å². The van der Waals surface area contributed by atoms with Crippen molar-refractivity contribution < 1.29 is 8.42 Å². The first-order chi connectivity index (χ1) is 7.58. The molecule has 1 rings (SSSR count). The van der Waals surface area contributed by atoms with Crippen LogP contribution in [0.3, 0.4) is 0 Å². The molecule has 5 heteroatoms. The van der Waals surface area contributed by atoms with E-state index in [0.29, 0.717) is 12.3 Å². The van der Waals surface area contributed by atoms with Gasteiger partial charge < -0.3 is 0 Å². The van der Waals surface area contributed by atoms with E-state index >= 15 is 0 Å². The van der Waals surface area contributed by atoms with E-state index in [1.165, 1.54) is 12.8 Å². The molecule has 0 aliphatic heterocycles. The zero-order chi connectivity index (χ0) is 12.0. The molecule has 16 heavy (non-hydrogen) atoms. The molecule has 0 bridgehead atoms. The Morgan fingerprint density at radius 2 is 1.75 bits per heavy atom. The monoisotopic (exact) mass is 267 g/mol. The van der Waals surface area contributed by atoms with Gasteiger partial charge in [-0.15, -0.1) is 11.6 Å². The minimum absolute atomic E-state index is 0.184. The molecule has 3 nitrogen and oxygen atoms in total. The fourth-order valence-electron chi connectivity index (χ4n) is 2.23. The molecule has 0 heterocycles. The molecular weight excluding hydrogens is 246 g/mol. The molecule has 0 amide bonds. The first-order valence-electron chi connectivity index (χ1n) is 6.09. The normalized spacial score (nSPS) is 19.9. The number of alkyl halides is 1. The van der Waals surface area contributed by atoms with Crippen molar-refractivity contribution in [2.45, 2.75) is 51.0 Å². The van der Waals surface area contributed by atoms with Crippen LogP contribution in [-0.2, 0) is 10.0 Å². The van der Waals surface area contributed by atoms with Crippen molar-refractivity contribution in [2.75, 3.05) is 18.7 Å². The Labute approximate surface area is 104 Å². The summed E-state index contributed by atoms with van der Waals surface area (Å²) >= 11 is 5.54. The minimum Gasteiger partial charge on any atom is -0.212 e. The quantitative estimate of drug-likeness (QED) is 0.567. The maximum atomic E-state index is 12.0. The van der Waals surface area contributed by atoms with Crippen molar-refractivity contribution in [1.29, 1.82) is 0 Å². The summed E-state index contributed by atoms with van der Waals surface area (Å²) in [6, 6.07) is 0.211. The van der Waals surface area contributed by atoms with Gasteiger partial charge in [-0.05, 0) is 19.3 Å². The molecule has 0 atom stereocenters. The third kappa shape index (κ3) is 4.22. The molecule has 0 saturated heterocycles. The number of hydrogen-bond acceptors (Lipinski definition) is 2. The highest BCUT2D eigenvalue weighted by Crippen LogP contribution is 2.23. The van der Waals surface area contributed by atoms with Gasteiger partial charge >= 0.3 is 0 Å². The van der Waals surface area contributed by atoms with Gasteiger partial charge in [0, 0.05) is 19.0 Å². The van der Waals surface area contributed by atoms with Crippen molar-refractivity contribution >= 4 is 21.6 Å². The molecule has 0 radical (unpaired) electrons. The summed E-state index contributed by atoms with van der Waals surface area (Å²) in [7, 11) is -1.37. The highest BCUT2D eigenvalue weighted by atomic mass is 35.5. The Morgan fingerprint density at radius 1 is 1.19 bits per heavy atom. The minimum atomic E-state index is -3.09. The number of hydrogen-bond donors (Lipinski definition) is 0. The van der Waals surface area contributed by atoms with Crippen LogP contribution in [0.1, 0.15) is 44.9 Å². The molecule has 1 saturated carbocycles. The van der Waals surface area contributed by atoms with Gasteiger partial charge in [0.2, 0.25) is 10.0 Å². The maximum Gasteiger partial charge on any atom is 0.214 e. The molecule has 0 N–H and O–H groups in total. The SMILES string of the molecule is CN(C1CCCCCC1)S(=O)(=O)CCCCl. The van der Waals surface area contributed by atoms with Gasteiger partial charge in [0.1, 0.15) is 0 Å². The van der Waals surface area contributed by atoms with Gasteiger partial charge in [0.05, 0.1) is 5.75 Å². The first-order valence-corrected chi connectivity index (χ1v) is 8.24. The number of sulfonamides is 1. The van der Waals surface area contributed by atoms with Gasteiger partial charge in [-0.2, -0.15) is 0 Å². The van der Waals surface area contributed by atoms with E-state index in [1.807, 2.05) is 0 Å². The molecule has 1 fully saturated rings. The number of nitrogens with zero attached hydrogens (tertiary/aromatic N) is 1.